The van der Waals surface area contributed by atoms with Crippen LogP contribution in [0, 0.1) is 10.8 Å². The minimum absolute atomic E-state index is 0.0185. The molecule has 2 N–H and O–H groups in total. The van der Waals surface area contributed by atoms with Crippen molar-refractivity contribution in [1.29, 1.82) is 0 Å². The number of nitrogens with one attached hydrogen (secondary N) is 1. The Hall–Kier alpha value is 0.200. The molecule has 0 saturated carbocycles. The van der Waals surface area contributed by atoms with Gasteiger partial charge in [0.15, 0.2) is 10.2 Å². The molecule has 2 unspecified atom stereocenters. The average molecular weight is 462 g/mol. The summed E-state index contributed by atoms with van der Waals surface area (Å²) in [5.74, 6) is 0.710. The van der Waals surface area contributed by atoms with Crippen molar-refractivity contribution < 1.29 is 32.9 Å². The van der Waals surface area contributed by atoms with Gasteiger partial charge >= 0.3 is 0 Å². The molecule has 0 heterocycles. The number of rotatable bonds is 15. The van der Waals surface area contributed by atoms with Crippen LogP contribution in [-0.2, 0) is 23.4 Å². The van der Waals surface area contributed by atoms with Gasteiger partial charge in [-0.2, -0.15) is 0 Å². The lowest BCUT2D eigenvalue weighted by Crippen LogP contribution is -2.27. The van der Waals surface area contributed by atoms with Crippen LogP contribution in [0.25, 0.3) is 0 Å². The van der Waals surface area contributed by atoms with Crippen molar-refractivity contribution in [2.24, 2.45) is 10.8 Å². The molecular formula is C17H33FNO6PS2. The maximum atomic E-state index is 14.0. The first-order chi connectivity index (χ1) is 13.0. The normalized spacial score (nSPS) is 14.7. The minimum atomic E-state index is -1.85. The quantitative estimate of drug-likeness (QED) is 0.217. The molecule has 7 nitrogen and oxygen atoms in total. The molecule has 28 heavy (non-hydrogen) atoms. The van der Waals surface area contributed by atoms with Crippen LogP contribution in [0.1, 0.15) is 27.7 Å². The molecule has 166 valence electrons. The number of carbonyl (C=O) groups excluding carboxylic acids is 2. The zero-order valence-corrected chi connectivity index (χ0v) is 20.0. The standard InChI is InChI=1S/C17H33FNO6PS2/c1-16(2,11-20)13(21)27-9-7-24-26(15(18)19-5)25-8-10-28-14(22)17(3,4)12-23-6/h15,19-20H,7-12H2,1-6H3. The molecule has 0 aliphatic rings. The molecule has 0 amide bonds. The first-order valence-electron chi connectivity index (χ1n) is 8.82. The maximum Gasteiger partial charge on any atom is 0.223 e. The van der Waals surface area contributed by atoms with E-state index >= 15 is 0 Å². The Kier molecular flexibility index (Phi) is 14.3. The molecule has 11 heteroatoms. The van der Waals surface area contributed by atoms with Gasteiger partial charge < -0.3 is 18.9 Å². The van der Waals surface area contributed by atoms with E-state index in [1.165, 1.54) is 7.05 Å². The van der Waals surface area contributed by atoms with Crippen molar-refractivity contribution in [3.05, 3.63) is 0 Å². The van der Waals surface area contributed by atoms with E-state index < -0.39 is 25.2 Å². The third kappa shape index (κ3) is 10.8. The predicted molar refractivity (Wildman–Crippen MR) is 114 cm³/mol. The van der Waals surface area contributed by atoms with Crippen LogP contribution in [0.5, 0.6) is 0 Å². The van der Waals surface area contributed by atoms with E-state index in [2.05, 4.69) is 5.32 Å². The van der Waals surface area contributed by atoms with Gasteiger partial charge in [0, 0.05) is 18.6 Å². The Bertz CT molecular complexity index is 485. The number of aliphatic hydroxyl groups excluding tert-OH is 1. The molecule has 0 spiro atoms. The summed E-state index contributed by atoms with van der Waals surface area (Å²) < 4.78 is 30.0. The van der Waals surface area contributed by atoms with Gasteiger partial charge in [-0.1, -0.05) is 23.5 Å². The highest BCUT2D eigenvalue weighted by atomic mass is 32.2. The van der Waals surface area contributed by atoms with E-state index in [9.17, 15) is 19.1 Å². The molecule has 0 fully saturated rings. The van der Waals surface area contributed by atoms with Crippen molar-refractivity contribution in [3.8, 4) is 0 Å². The SMILES string of the molecule is CNC(F)P(OCCSC(=O)C(C)(C)CO)OCCSC(=O)C(C)(C)COC. The molecule has 2 atom stereocenters. The van der Waals surface area contributed by atoms with Gasteiger partial charge in [0.05, 0.1) is 37.3 Å². The summed E-state index contributed by atoms with van der Waals surface area (Å²) in [7, 11) is 1.15. The minimum Gasteiger partial charge on any atom is -0.395 e. The van der Waals surface area contributed by atoms with Gasteiger partial charge in [0.2, 0.25) is 14.4 Å². The molecule has 0 aliphatic heterocycles. The number of aliphatic hydroxyl groups is 1. The Morgan fingerprint density at radius 3 is 1.93 bits per heavy atom. The molecule has 0 saturated heterocycles. The van der Waals surface area contributed by atoms with Crippen LogP contribution in [0.4, 0.5) is 4.39 Å². The lowest BCUT2D eigenvalue weighted by Gasteiger charge is -2.22. The molecule has 0 rings (SSSR count). The number of alkyl halides is 1. The molecule has 0 radical (unpaired) electrons. The van der Waals surface area contributed by atoms with E-state index in [1.54, 1.807) is 34.8 Å². The highest BCUT2D eigenvalue weighted by Gasteiger charge is 2.29. The van der Waals surface area contributed by atoms with Crippen molar-refractivity contribution in [2.75, 3.05) is 52.1 Å². The maximum absolute atomic E-state index is 14.0. The summed E-state index contributed by atoms with van der Waals surface area (Å²) in [5, 5.41) is 11.5. The Morgan fingerprint density at radius 1 is 1.07 bits per heavy atom. The molecule has 0 aromatic carbocycles. The summed E-state index contributed by atoms with van der Waals surface area (Å²) >= 11 is 2.15. The second-order valence-corrected chi connectivity index (χ2v) is 10.9. The first kappa shape index (κ1) is 28.2. The zero-order chi connectivity index (χ0) is 21.8. The topological polar surface area (TPSA) is 94.1 Å². The van der Waals surface area contributed by atoms with Gasteiger partial charge in [-0.3, -0.25) is 14.9 Å². The third-order valence-corrected chi connectivity index (χ3v) is 7.37. The van der Waals surface area contributed by atoms with Gasteiger partial charge in [-0.15, -0.1) is 0 Å². The smallest absolute Gasteiger partial charge is 0.223 e. The predicted octanol–water partition coefficient (Wildman–Crippen LogP) is 3.01. The summed E-state index contributed by atoms with van der Waals surface area (Å²) in [5.41, 5.74) is -1.42. The van der Waals surface area contributed by atoms with Gasteiger partial charge in [0.25, 0.3) is 0 Å². The number of thioether (sulfide) groups is 2. The highest BCUT2D eigenvalue weighted by molar-refractivity contribution is 8.14. The number of hydrogen-bond acceptors (Lipinski definition) is 9. The summed E-state index contributed by atoms with van der Waals surface area (Å²) in [6, 6.07) is -1.48. The number of halogens is 1. The van der Waals surface area contributed by atoms with Crippen LogP contribution in [0.3, 0.4) is 0 Å². The van der Waals surface area contributed by atoms with Crippen LogP contribution >= 0.6 is 31.9 Å². The van der Waals surface area contributed by atoms with Crippen molar-refractivity contribution in [1.82, 2.24) is 5.32 Å². The monoisotopic (exact) mass is 461 g/mol. The fourth-order valence-electron chi connectivity index (χ4n) is 1.67. The summed E-state index contributed by atoms with van der Waals surface area (Å²) in [6.45, 7) is 7.31. The first-order valence-corrected chi connectivity index (χ1v) is 12.0. The van der Waals surface area contributed by atoms with Crippen molar-refractivity contribution in [2.45, 2.75) is 33.7 Å². The van der Waals surface area contributed by atoms with E-state index in [-0.39, 0.29) is 30.1 Å². The van der Waals surface area contributed by atoms with Crippen molar-refractivity contribution >= 4 is 42.1 Å². The fourth-order valence-corrected chi connectivity index (χ4v) is 4.62. The Balaban J connectivity index is 4.29. The van der Waals surface area contributed by atoms with E-state index in [0.29, 0.717) is 18.1 Å². The molecule has 0 aromatic heterocycles. The highest BCUT2D eigenvalue weighted by Crippen LogP contribution is 2.43. The second-order valence-electron chi connectivity index (χ2n) is 7.21. The van der Waals surface area contributed by atoms with Gasteiger partial charge in [0.1, 0.15) is 0 Å². The van der Waals surface area contributed by atoms with Crippen LogP contribution in [-0.4, -0.2) is 73.5 Å². The molecule has 0 bridgehead atoms. The lowest BCUT2D eigenvalue weighted by atomic mass is 9.97. The number of carbonyl (C=O) groups is 2. The third-order valence-electron chi connectivity index (χ3n) is 3.50. The second kappa shape index (κ2) is 14.2. The van der Waals surface area contributed by atoms with Crippen molar-refractivity contribution in [3.63, 3.8) is 0 Å². The average Bonchev–Trinajstić information content (AvgIpc) is 2.65. The van der Waals surface area contributed by atoms with Gasteiger partial charge in [-0.05, 0) is 34.7 Å². The molecule has 0 aromatic rings. The van der Waals surface area contributed by atoms with E-state index in [1.807, 2.05) is 0 Å². The van der Waals surface area contributed by atoms with E-state index in [0.717, 1.165) is 23.5 Å². The van der Waals surface area contributed by atoms with E-state index in [4.69, 9.17) is 13.8 Å². The molecular weight excluding hydrogens is 428 g/mol. The largest absolute Gasteiger partial charge is 0.395 e. The van der Waals surface area contributed by atoms with Crippen LogP contribution in [0.2, 0.25) is 0 Å². The Labute approximate surface area is 177 Å². The fraction of sp³-hybridized carbons (Fsp3) is 0.882. The lowest BCUT2D eigenvalue weighted by molar-refractivity contribution is -0.121. The number of ether oxygens (including phenoxy) is 1. The number of hydrogen-bond donors (Lipinski definition) is 2. The summed E-state index contributed by atoms with van der Waals surface area (Å²) in [4.78, 5) is 24.1. The molecule has 0 aliphatic carbocycles. The Morgan fingerprint density at radius 2 is 1.54 bits per heavy atom. The van der Waals surface area contributed by atoms with Crippen LogP contribution in [0.15, 0.2) is 0 Å². The number of methoxy groups -OCH3 is 1. The zero-order valence-electron chi connectivity index (χ0n) is 17.5. The summed E-state index contributed by atoms with van der Waals surface area (Å²) in [6.07, 6.45) is 0. The van der Waals surface area contributed by atoms with Crippen LogP contribution < -0.4 is 5.32 Å². The van der Waals surface area contributed by atoms with Gasteiger partial charge in [-0.25, -0.2) is 4.39 Å².